The predicted octanol–water partition coefficient (Wildman–Crippen LogP) is 2.15. The number of nitrogens with zero attached hydrogens (tertiary/aromatic N) is 4. The molecule has 104 valence electrons. The number of likely N-dealkylation sites (N-methyl/N-ethyl adjacent to an activating group) is 1. The maximum atomic E-state index is 4.47. The van der Waals surface area contributed by atoms with E-state index < -0.39 is 0 Å². The van der Waals surface area contributed by atoms with E-state index in [0.29, 0.717) is 12.5 Å². The minimum absolute atomic E-state index is 0.692. The van der Waals surface area contributed by atoms with Crippen molar-refractivity contribution in [1.29, 1.82) is 0 Å². The Kier molecular flexibility index (Phi) is 5.06. The largest absolute Gasteiger partial charge is 0.366 e. The summed E-state index contributed by atoms with van der Waals surface area (Å²) in [4.78, 5) is 14.8. The smallest absolute Gasteiger partial charge is 0.226 e. The minimum atomic E-state index is 0.692. The molecule has 1 N–H and O–H groups in total. The highest BCUT2D eigenvalue weighted by molar-refractivity contribution is 5.41. The van der Waals surface area contributed by atoms with Crippen LogP contribution < -0.4 is 10.2 Å². The Balaban J connectivity index is 1.94. The molecule has 2 heterocycles. The van der Waals surface area contributed by atoms with Gasteiger partial charge in [0.05, 0.1) is 0 Å². The van der Waals surface area contributed by atoms with Crippen LogP contribution in [0.1, 0.15) is 5.56 Å². The van der Waals surface area contributed by atoms with E-state index in [1.165, 1.54) is 5.56 Å². The van der Waals surface area contributed by atoms with Crippen molar-refractivity contribution in [3.8, 4) is 0 Å². The van der Waals surface area contributed by atoms with Crippen LogP contribution >= 0.6 is 0 Å². The molecule has 0 fully saturated rings. The Morgan fingerprint density at radius 3 is 2.80 bits per heavy atom. The molecule has 0 unspecified atom stereocenters. The Hall–Kier alpha value is -2.43. The Bertz CT molecular complexity index is 541. The number of anilines is 2. The number of aromatic nitrogens is 3. The number of hydrogen-bond acceptors (Lipinski definition) is 5. The van der Waals surface area contributed by atoms with Crippen molar-refractivity contribution >= 4 is 11.8 Å². The average Bonchev–Trinajstić information content (AvgIpc) is 2.52. The number of hydrogen-bond donors (Lipinski definition) is 1. The summed E-state index contributed by atoms with van der Waals surface area (Å²) in [6.45, 7) is 5.22. The number of pyridine rings is 1. The monoisotopic (exact) mass is 269 g/mol. The van der Waals surface area contributed by atoms with Gasteiger partial charge in [-0.25, -0.2) is 4.98 Å². The molecular weight excluding hydrogens is 250 g/mol. The molecule has 0 amide bonds. The molecule has 20 heavy (non-hydrogen) atoms. The minimum Gasteiger partial charge on any atom is -0.366 e. The third-order valence-electron chi connectivity index (χ3n) is 2.90. The third-order valence-corrected chi connectivity index (χ3v) is 2.90. The molecule has 2 aromatic heterocycles. The average molecular weight is 269 g/mol. The van der Waals surface area contributed by atoms with E-state index in [1.807, 2.05) is 42.5 Å². The zero-order valence-electron chi connectivity index (χ0n) is 11.7. The van der Waals surface area contributed by atoms with Crippen LogP contribution in [0, 0.1) is 0 Å². The van der Waals surface area contributed by atoms with E-state index in [2.05, 4.69) is 26.8 Å². The summed E-state index contributed by atoms with van der Waals surface area (Å²) in [7, 11) is 1.99. The number of rotatable bonds is 7. The number of nitrogens with one attached hydrogen (secondary N) is 1. The summed E-state index contributed by atoms with van der Waals surface area (Å²) >= 11 is 0. The van der Waals surface area contributed by atoms with Crippen molar-refractivity contribution in [3.05, 3.63) is 55.0 Å². The summed E-state index contributed by atoms with van der Waals surface area (Å²) < 4.78 is 0. The molecule has 2 rings (SSSR count). The van der Waals surface area contributed by atoms with E-state index >= 15 is 0 Å². The van der Waals surface area contributed by atoms with Crippen molar-refractivity contribution in [2.24, 2.45) is 0 Å². The van der Waals surface area contributed by atoms with Gasteiger partial charge in [-0.1, -0.05) is 6.08 Å². The van der Waals surface area contributed by atoms with Crippen molar-refractivity contribution < 1.29 is 0 Å². The van der Waals surface area contributed by atoms with Gasteiger partial charge in [-0.15, -0.1) is 6.58 Å². The van der Waals surface area contributed by atoms with Crippen LogP contribution in [-0.4, -0.2) is 35.1 Å². The van der Waals surface area contributed by atoms with Crippen molar-refractivity contribution in [3.63, 3.8) is 0 Å². The quantitative estimate of drug-likeness (QED) is 0.781. The Morgan fingerprint density at radius 1 is 1.25 bits per heavy atom. The summed E-state index contributed by atoms with van der Waals surface area (Å²) in [6, 6.07) is 5.90. The lowest BCUT2D eigenvalue weighted by atomic mass is 10.2. The molecule has 0 saturated carbocycles. The summed E-state index contributed by atoms with van der Waals surface area (Å²) in [5.41, 5.74) is 1.26. The highest BCUT2D eigenvalue weighted by Crippen LogP contribution is 2.10. The van der Waals surface area contributed by atoms with Gasteiger partial charge in [0, 0.05) is 38.7 Å². The Morgan fingerprint density at radius 2 is 2.05 bits per heavy atom. The highest BCUT2D eigenvalue weighted by atomic mass is 15.2. The molecular formula is C15H19N5. The van der Waals surface area contributed by atoms with Gasteiger partial charge in [0.15, 0.2) is 0 Å². The predicted molar refractivity (Wildman–Crippen MR) is 81.9 cm³/mol. The first kappa shape index (κ1) is 14.0. The molecule has 2 aromatic rings. The first-order valence-corrected chi connectivity index (χ1v) is 6.57. The van der Waals surface area contributed by atoms with E-state index in [4.69, 9.17) is 0 Å². The van der Waals surface area contributed by atoms with Crippen LogP contribution in [0.15, 0.2) is 49.4 Å². The fraction of sp³-hybridized carbons (Fsp3) is 0.267. The van der Waals surface area contributed by atoms with Crippen LogP contribution in [0.3, 0.4) is 0 Å². The SMILES string of the molecule is C=CCNc1ccnc(N(C)CCc2ccncc2)n1. The normalized spacial score (nSPS) is 10.1. The van der Waals surface area contributed by atoms with Gasteiger partial charge >= 0.3 is 0 Å². The molecule has 5 heteroatoms. The second-order valence-corrected chi connectivity index (χ2v) is 4.44. The van der Waals surface area contributed by atoms with Crippen LogP contribution in [0.25, 0.3) is 0 Å². The van der Waals surface area contributed by atoms with Gasteiger partial charge in [0.25, 0.3) is 0 Å². The lowest BCUT2D eigenvalue weighted by Gasteiger charge is -2.17. The first-order valence-electron chi connectivity index (χ1n) is 6.57. The van der Waals surface area contributed by atoms with Crippen molar-refractivity contribution in [1.82, 2.24) is 15.0 Å². The summed E-state index contributed by atoms with van der Waals surface area (Å²) in [5, 5.41) is 3.16. The molecule has 5 nitrogen and oxygen atoms in total. The zero-order chi connectivity index (χ0) is 14.2. The van der Waals surface area contributed by atoms with Gasteiger partial charge in [0.2, 0.25) is 5.95 Å². The molecule has 0 aliphatic heterocycles. The molecule has 0 saturated heterocycles. The molecule has 0 aliphatic carbocycles. The summed E-state index contributed by atoms with van der Waals surface area (Å²) in [6.07, 6.45) is 8.12. The topological polar surface area (TPSA) is 53.9 Å². The second-order valence-electron chi connectivity index (χ2n) is 4.44. The van der Waals surface area contributed by atoms with Crippen LogP contribution in [-0.2, 0) is 6.42 Å². The first-order chi connectivity index (χ1) is 9.79. The van der Waals surface area contributed by atoms with Gasteiger partial charge < -0.3 is 10.2 Å². The second kappa shape index (κ2) is 7.23. The standard InChI is InChI=1S/C15H19N5/c1-3-8-17-14-6-11-18-15(19-14)20(2)12-7-13-4-9-16-10-5-13/h3-6,9-11H,1,7-8,12H2,2H3,(H,17,18,19). The molecule has 0 bridgehead atoms. The van der Waals surface area contributed by atoms with Gasteiger partial charge in [-0.05, 0) is 30.2 Å². The van der Waals surface area contributed by atoms with Gasteiger partial charge in [-0.2, -0.15) is 4.98 Å². The lowest BCUT2D eigenvalue weighted by molar-refractivity contribution is 0.837. The van der Waals surface area contributed by atoms with Gasteiger partial charge in [-0.3, -0.25) is 4.98 Å². The van der Waals surface area contributed by atoms with Crippen LogP contribution in [0.4, 0.5) is 11.8 Å². The molecule has 0 radical (unpaired) electrons. The lowest BCUT2D eigenvalue weighted by Crippen LogP contribution is -2.22. The maximum absolute atomic E-state index is 4.47. The van der Waals surface area contributed by atoms with E-state index in [-0.39, 0.29) is 0 Å². The van der Waals surface area contributed by atoms with E-state index in [1.54, 1.807) is 12.3 Å². The molecule has 0 aromatic carbocycles. The fourth-order valence-electron chi connectivity index (χ4n) is 1.75. The Labute approximate surface area is 119 Å². The third kappa shape index (κ3) is 4.05. The molecule has 0 spiro atoms. The van der Waals surface area contributed by atoms with Crippen LogP contribution in [0.2, 0.25) is 0 Å². The van der Waals surface area contributed by atoms with Crippen molar-refractivity contribution in [2.75, 3.05) is 30.4 Å². The maximum Gasteiger partial charge on any atom is 0.226 e. The van der Waals surface area contributed by atoms with Gasteiger partial charge in [0.1, 0.15) is 5.82 Å². The fourth-order valence-corrected chi connectivity index (χ4v) is 1.75. The van der Waals surface area contributed by atoms with E-state index in [9.17, 15) is 0 Å². The van der Waals surface area contributed by atoms with E-state index in [0.717, 1.165) is 18.8 Å². The highest BCUT2D eigenvalue weighted by Gasteiger charge is 2.05. The summed E-state index contributed by atoms with van der Waals surface area (Å²) in [5.74, 6) is 1.53. The van der Waals surface area contributed by atoms with Crippen LogP contribution in [0.5, 0.6) is 0 Å². The zero-order valence-corrected chi connectivity index (χ0v) is 11.7. The molecule has 0 atom stereocenters. The van der Waals surface area contributed by atoms with Crippen molar-refractivity contribution in [2.45, 2.75) is 6.42 Å². The molecule has 0 aliphatic rings.